The van der Waals surface area contributed by atoms with Gasteiger partial charge in [0.2, 0.25) is 11.8 Å². The van der Waals surface area contributed by atoms with Crippen LogP contribution in [0.2, 0.25) is 0 Å². The summed E-state index contributed by atoms with van der Waals surface area (Å²) in [4.78, 5) is 16.5. The van der Waals surface area contributed by atoms with Crippen molar-refractivity contribution in [1.82, 2.24) is 15.5 Å². The van der Waals surface area contributed by atoms with Crippen molar-refractivity contribution >= 4 is 5.91 Å². The first-order valence-electron chi connectivity index (χ1n) is 7.73. The molecule has 124 valence electrons. The van der Waals surface area contributed by atoms with Crippen LogP contribution in [0, 0.1) is 12.8 Å². The van der Waals surface area contributed by atoms with Crippen LogP contribution in [-0.4, -0.2) is 23.2 Å². The maximum atomic E-state index is 12.3. The second-order valence-electron chi connectivity index (χ2n) is 5.85. The smallest absolute Gasteiger partial charge is 0.223 e. The quantitative estimate of drug-likeness (QED) is 0.849. The van der Waals surface area contributed by atoms with Gasteiger partial charge in [-0.3, -0.25) is 4.79 Å². The molecule has 0 aliphatic rings. The number of rotatable bonds is 7. The lowest BCUT2D eigenvalue weighted by molar-refractivity contribution is -0.121. The highest BCUT2D eigenvalue weighted by Crippen LogP contribution is 2.28. The summed E-state index contributed by atoms with van der Waals surface area (Å²) in [6.45, 7) is 5.90. The summed E-state index contributed by atoms with van der Waals surface area (Å²) in [5.41, 5.74) is 0.800. The van der Waals surface area contributed by atoms with E-state index >= 15 is 0 Å². The van der Waals surface area contributed by atoms with Crippen LogP contribution in [-0.2, 0) is 4.79 Å². The third-order valence-corrected chi connectivity index (χ3v) is 3.51. The van der Waals surface area contributed by atoms with Gasteiger partial charge in [-0.1, -0.05) is 37.2 Å². The molecule has 0 fully saturated rings. The Hall–Kier alpha value is -2.37. The van der Waals surface area contributed by atoms with Crippen LogP contribution in [0.15, 0.2) is 28.8 Å². The van der Waals surface area contributed by atoms with Gasteiger partial charge in [0.25, 0.3) is 0 Å². The summed E-state index contributed by atoms with van der Waals surface area (Å²) in [6.07, 6.45) is 1.29. The van der Waals surface area contributed by atoms with E-state index in [0.29, 0.717) is 29.8 Å². The highest BCUT2D eigenvalue weighted by atomic mass is 16.5. The number of benzene rings is 1. The van der Waals surface area contributed by atoms with Crippen LogP contribution in [0.1, 0.15) is 50.0 Å². The molecule has 0 saturated heterocycles. The summed E-state index contributed by atoms with van der Waals surface area (Å²) in [7, 11) is 1.60. The Morgan fingerprint density at radius 2 is 2.09 bits per heavy atom. The van der Waals surface area contributed by atoms with Crippen LogP contribution in [0.25, 0.3) is 0 Å². The SMILES string of the molecule is COc1ccccc1[C@@H](NC(=O)CCC(C)C)c1noc(C)n1. The molecule has 0 saturated carbocycles. The molecule has 0 radical (unpaired) electrons. The lowest BCUT2D eigenvalue weighted by Gasteiger charge is -2.18. The van der Waals surface area contributed by atoms with Gasteiger partial charge < -0.3 is 14.6 Å². The largest absolute Gasteiger partial charge is 0.496 e. The van der Waals surface area contributed by atoms with Gasteiger partial charge >= 0.3 is 0 Å². The van der Waals surface area contributed by atoms with Crippen molar-refractivity contribution in [2.24, 2.45) is 5.92 Å². The number of carbonyl (C=O) groups excluding carboxylic acids is 1. The fourth-order valence-corrected chi connectivity index (χ4v) is 2.27. The summed E-state index contributed by atoms with van der Waals surface area (Å²) < 4.78 is 10.5. The highest BCUT2D eigenvalue weighted by molar-refractivity contribution is 5.77. The van der Waals surface area contributed by atoms with E-state index < -0.39 is 6.04 Å². The third-order valence-electron chi connectivity index (χ3n) is 3.51. The molecule has 0 aliphatic heterocycles. The van der Waals surface area contributed by atoms with E-state index in [4.69, 9.17) is 9.26 Å². The molecule has 1 amide bonds. The van der Waals surface area contributed by atoms with Crippen LogP contribution >= 0.6 is 0 Å². The van der Waals surface area contributed by atoms with Gasteiger partial charge in [0.05, 0.1) is 7.11 Å². The van der Waals surface area contributed by atoms with Gasteiger partial charge in [0, 0.05) is 18.9 Å². The van der Waals surface area contributed by atoms with Crippen LogP contribution in [0.4, 0.5) is 0 Å². The molecule has 6 nitrogen and oxygen atoms in total. The van der Waals surface area contributed by atoms with Crippen LogP contribution in [0.5, 0.6) is 5.75 Å². The number of methoxy groups -OCH3 is 1. The molecule has 1 N–H and O–H groups in total. The Morgan fingerprint density at radius 1 is 1.35 bits per heavy atom. The van der Waals surface area contributed by atoms with Gasteiger partial charge in [0.1, 0.15) is 11.8 Å². The molecule has 0 spiro atoms. The normalized spacial score (nSPS) is 12.2. The average Bonchev–Trinajstić information content (AvgIpc) is 2.97. The molecule has 1 heterocycles. The van der Waals surface area contributed by atoms with Crippen molar-refractivity contribution < 1.29 is 14.1 Å². The number of hydrogen-bond donors (Lipinski definition) is 1. The standard InChI is InChI=1S/C17H23N3O3/c1-11(2)9-10-15(21)19-16(17-18-12(3)23-20-17)13-7-5-6-8-14(13)22-4/h5-8,11,16H,9-10H2,1-4H3,(H,19,21)/t16-/m1/s1. The monoisotopic (exact) mass is 317 g/mol. The number of para-hydroxylation sites is 1. The minimum absolute atomic E-state index is 0.0444. The maximum Gasteiger partial charge on any atom is 0.223 e. The molecule has 6 heteroatoms. The lowest BCUT2D eigenvalue weighted by atomic mass is 10.0. The maximum absolute atomic E-state index is 12.3. The van der Waals surface area contributed by atoms with E-state index in [0.717, 1.165) is 12.0 Å². The Labute approximate surface area is 136 Å². The second kappa shape index (κ2) is 7.76. The van der Waals surface area contributed by atoms with Gasteiger partial charge in [-0.05, 0) is 18.4 Å². The molecule has 0 unspecified atom stereocenters. The molecule has 2 rings (SSSR count). The number of amides is 1. The van der Waals surface area contributed by atoms with Gasteiger partial charge in [-0.15, -0.1) is 0 Å². The number of nitrogens with one attached hydrogen (secondary N) is 1. The summed E-state index contributed by atoms with van der Waals surface area (Å²) in [5, 5.41) is 6.95. The first-order chi connectivity index (χ1) is 11.0. The minimum atomic E-state index is -0.497. The third kappa shape index (κ3) is 4.55. The number of ether oxygens (including phenoxy) is 1. The zero-order chi connectivity index (χ0) is 16.8. The van der Waals surface area contributed by atoms with E-state index in [-0.39, 0.29) is 5.91 Å². The van der Waals surface area contributed by atoms with Crippen molar-refractivity contribution in [2.45, 2.75) is 39.7 Å². The number of aryl methyl sites for hydroxylation is 1. The lowest BCUT2D eigenvalue weighted by Crippen LogP contribution is -2.30. The van der Waals surface area contributed by atoms with Crippen LogP contribution in [0.3, 0.4) is 0 Å². The van der Waals surface area contributed by atoms with Crippen molar-refractivity contribution in [3.63, 3.8) is 0 Å². The van der Waals surface area contributed by atoms with Crippen molar-refractivity contribution in [3.05, 3.63) is 41.5 Å². The second-order valence-corrected chi connectivity index (χ2v) is 5.85. The fraction of sp³-hybridized carbons (Fsp3) is 0.471. The molecule has 2 aromatic rings. The van der Waals surface area contributed by atoms with Gasteiger partial charge in [0.15, 0.2) is 5.82 Å². The first-order valence-corrected chi connectivity index (χ1v) is 7.73. The molecular formula is C17H23N3O3. The predicted molar refractivity (Wildman–Crippen MR) is 86.1 cm³/mol. The molecular weight excluding hydrogens is 294 g/mol. The van der Waals surface area contributed by atoms with Crippen molar-refractivity contribution in [3.8, 4) is 5.75 Å². The Balaban J connectivity index is 2.27. The average molecular weight is 317 g/mol. The molecule has 0 aliphatic carbocycles. The van der Waals surface area contributed by atoms with Gasteiger partial charge in [-0.2, -0.15) is 4.98 Å². The van der Waals surface area contributed by atoms with E-state index in [1.807, 2.05) is 24.3 Å². The molecule has 23 heavy (non-hydrogen) atoms. The van der Waals surface area contributed by atoms with E-state index in [1.54, 1.807) is 14.0 Å². The Morgan fingerprint density at radius 3 is 2.70 bits per heavy atom. The highest BCUT2D eigenvalue weighted by Gasteiger charge is 2.24. The predicted octanol–water partition coefficient (Wildman–Crippen LogP) is 3.03. The molecule has 1 atom stereocenters. The van der Waals surface area contributed by atoms with E-state index in [1.165, 1.54) is 0 Å². The zero-order valence-electron chi connectivity index (χ0n) is 14.0. The van der Waals surface area contributed by atoms with Gasteiger partial charge in [-0.25, -0.2) is 0 Å². The number of carbonyl (C=O) groups is 1. The summed E-state index contributed by atoms with van der Waals surface area (Å²) in [5.74, 6) is 1.97. The summed E-state index contributed by atoms with van der Waals surface area (Å²) in [6, 6.07) is 7.00. The number of hydrogen-bond acceptors (Lipinski definition) is 5. The van der Waals surface area contributed by atoms with Crippen molar-refractivity contribution in [1.29, 1.82) is 0 Å². The molecule has 1 aromatic carbocycles. The Bertz CT molecular complexity index is 652. The number of aromatic nitrogens is 2. The van der Waals surface area contributed by atoms with Crippen molar-refractivity contribution in [2.75, 3.05) is 7.11 Å². The molecule has 1 aromatic heterocycles. The van der Waals surface area contributed by atoms with Crippen LogP contribution < -0.4 is 10.1 Å². The topological polar surface area (TPSA) is 77.2 Å². The molecule has 0 bridgehead atoms. The fourth-order valence-electron chi connectivity index (χ4n) is 2.27. The van der Waals surface area contributed by atoms with E-state index in [2.05, 4.69) is 29.3 Å². The minimum Gasteiger partial charge on any atom is -0.496 e. The summed E-state index contributed by atoms with van der Waals surface area (Å²) >= 11 is 0. The number of nitrogens with zero attached hydrogens (tertiary/aromatic N) is 2. The van der Waals surface area contributed by atoms with E-state index in [9.17, 15) is 4.79 Å². The first kappa shape index (κ1) is 17.0. The Kier molecular flexibility index (Phi) is 5.73. The zero-order valence-corrected chi connectivity index (χ0v) is 14.0.